The van der Waals surface area contributed by atoms with Crippen molar-refractivity contribution in [2.24, 2.45) is 0 Å². The molecule has 0 spiro atoms. The third-order valence-electron chi connectivity index (χ3n) is 4.38. The Balaban J connectivity index is 2.03. The first-order chi connectivity index (χ1) is 13.7. The molecule has 0 fully saturated rings. The number of benzene rings is 2. The Kier molecular flexibility index (Phi) is 5.71. The molecule has 0 N–H and O–H groups in total. The van der Waals surface area contributed by atoms with E-state index < -0.39 is 23.8 Å². The second kappa shape index (κ2) is 8.06. The van der Waals surface area contributed by atoms with E-state index in [9.17, 15) is 13.2 Å². The molecule has 2 unspecified atom stereocenters. The lowest BCUT2D eigenvalue weighted by Crippen LogP contribution is -2.33. The smallest absolute Gasteiger partial charge is 0.494 e. The zero-order chi connectivity index (χ0) is 21.1. The summed E-state index contributed by atoms with van der Waals surface area (Å²) in [5.74, 6) is 0.126. The zero-order valence-corrected chi connectivity index (χ0v) is 15.6. The minimum Gasteiger partial charge on any atom is -0.494 e. The molecule has 0 radical (unpaired) electrons. The highest BCUT2D eigenvalue weighted by molar-refractivity contribution is 5.42. The molecule has 1 heterocycles. The molecule has 2 aromatic carbocycles. The Morgan fingerprint density at radius 1 is 0.931 bits per heavy atom. The average Bonchev–Trinajstić information content (AvgIpc) is 3.22. The van der Waals surface area contributed by atoms with Crippen LogP contribution in [0.2, 0.25) is 0 Å². The highest BCUT2D eigenvalue weighted by Crippen LogP contribution is 2.44. The highest BCUT2D eigenvalue weighted by Gasteiger charge is 2.43. The molecule has 3 rings (SSSR count). The molecule has 29 heavy (non-hydrogen) atoms. The van der Waals surface area contributed by atoms with Crippen molar-refractivity contribution >= 4 is 0 Å². The van der Waals surface area contributed by atoms with Gasteiger partial charge in [-0.1, -0.05) is 24.3 Å². The van der Waals surface area contributed by atoms with Crippen molar-refractivity contribution < 1.29 is 27.0 Å². The summed E-state index contributed by atoms with van der Waals surface area (Å²) in [5, 5.41) is 11.3. The summed E-state index contributed by atoms with van der Waals surface area (Å²) in [4.78, 5) is 1.11. The van der Waals surface area contributed by atoms with Gasteiger partial charge < -0.3 is 9.47 Å². The molecule has 1 aromatic heterocycles. The van der Waals surface area contributed by atoms with E-state index in [1.165, 1.54) is 18.5 Å². The van der Waals surface area contributed by atoms with Gasteiger partial charge in [0.15, 0.2) is 12.0 Å². The van der Waals surface area contributed by atoms with E-state index in [0.29, 0.717) is 12.4 Å². The monoisotopic (exact) mass is 410 g/mol. The minimum absolute atomic E-state index is 0.112. The summed E-state index contributed by atoms with van der Waals surface area (Å²) in [6.45, 7) is 3.84. The van der Waals surface area contributed by atoms with Crippen LogP contribution in [0.4, 0.5) is 17.6 Å². The summed E-state index contributed by atoms with van der Waals surface area (Å²) < 4.78 is 63.1. The Labute approximate surface area is 164 Å². The van der Waals surface area contributed by atoms with Crippen molar-refractivity contribution in [3.05, 3.63) is 66.0 Å². The molecular formula is C19H18F4N4O2. The Morgan fingerprint density at radius 2 is 1.48 bits per heavy atom. The maximum atomic E-state index is 16.6. The van der Waals surface area contributed by atoms with E-state index in [1.807, 2.05) is 6.92 Å². The number of aromatic nitrogens is 4. The van der Waals surface area contributed by atoms with Gasteiger partial charge in [-0.05, 0) is 54.5 Å². The Morgan fingerprint density at radius 3 is 1.93 bits per heavy atom. The maximum Gasteiger partial charge on any atom is 0.573 e. The SMILES string of the molecule is CCOc1ccc(C(F)(c2ccc(OC(F)(F)F)cc2)C(C)n2ncnn2)cc1. The lowest BCUT2D eigenvalue weighted by molar-refractivity contribution is -0.274. The van der Waals surface area contributed by atoms with Gasteiger partial charge >= 0.3 is 6.36 Å². The number of halogens is 4. The fourth-order valence-electron chi connectivity index (χ4n) is 3.02. The van der Waals surface area contributed by atoms with E-state index in [0.717, 1.165) is 16.9 Å². The van der Waals surface area contributed by atoms with E-state index in [-0.39, 0.29) is 11.1 Å². The van der Waals surface area contributed by atoms with Crippen molar-refractivity contribution in [3.63, 3.8) is 0 Å². The van der Waals surface area contributed by atoms with Gasteiger partial charge in [-0.3, -0.25) is 0 Å². The molecule has 6 nitrogen and oxygen atoms in total. The number of alkyl halides is 4. The molecule has 0 aliphatic heterocycles. The molecule has 0 saturated carbocycles. The van der Waals surface area contributed by atoms with Gasteiger partial charge in [-0.15, -0.1) is 23.4 Å². The number of hydrogen-bond donors (Lipinski definition) is 0. The number of nitrogens with zero attached hydrogens (tertiary/aromatic N) is 4. The van der Waals surface area contributed by atoms with Crippen molar-refractivity contribution in [1.29, 1.82) is 0 Å². The van der Waals surface area contributed by atoms with Crippen molar-refractivity contribution in [1.82, 2.24) is 20.2 Å². The largest absolute Gasteiger partial charge is 0.573 e. The highest BCUT2D eigenvalue weighted by atomic mass is 19.4. The van der Waals surface area contributed by atoms with E-state index in [2.05, 4.69) is 20.1 Å². The summed E-state index contributed by atoms with van der Waals surface area (Å²) >= 11 is 0. The van der Waals surface area contributed by atoms with Gasteiger partial charge in [0.25, 0.3) is 0 Å². The molecule has 0 saturated heterocycles. The standard InChI is InChI=1S/C19H18F4N4O2/c1-3-28-16-8-4-14(5-9-16)18(20,13(2)27-25-12-24-26-27)15-6-10-17(11-7-15)29-19(21,22)23/h4-13H,3H2,1-2H3. The van der Waals surface area contributed by atoms with Gasteiger partial charge in [0.05, 0.1) is 6.61 Å². The second-order valence-electron chi connectivity index (χ2n) is 6.17. The van der Waals surface area contributed by atoms with Crippen LogP contribution < -0.4 is 9.47 Å². The zero-order valence-electron chi connectivity index (χ0n) is 15.6. The fraction of sp³-hybridized carbons (Fsp3) is 0.316. The Bertz CT molecular complexity index is 915. The lowest BCUT2D eigenvalue weighted by atomic mass is 9.82. The van der Waals surface area contributed by atoms with Gasteiger partial charge in [0, 0.05) is 0 Å². The van der Waals surface area contributed by atoms with Crippen LogP contribution in [0.15, 0.2) is 54.9 Å². The van der Waals surface area contributed by atoms with Crippen molar-refractivity contribution in [2.45, 2.75) is 31.9 Å². The molecule has 10 heteroatoms. The van der Waals surface area contributed by atoms with Crippen LogP contribution >= 0.6 is 0 Å². The third-order valence-corrected chi connectivity index (χ3v) is 4.38. The quantitative estimate of drug-likeness (QED) is 0.539. The van der Waals surface area contributed by atoms with Crippen LogP contribution in [0.3, 0.4) is 0 Å². The van der Waals surface area contributed by atoms with Crippen LogP contribution in [-0.4, -0.2) is 33.2 Å². The van der Waals surface area contributed by atoms with Gasteiger partial charge in [0.1, 0.15) is 17.5 Å². The number of ether oxygens (including phenoxy) is 2. The van der Waals surface area contributed by atoms with Crippen LogP contribution in [0.1, 0.15) is 31.0 Å². The molecule has 0 aliphatic carbocycles. The van der Waals surface area contributed by atoms with E-state index in [4.69, 9.17) is 4.74 Å². The average molecular weight is 410 g/mol. The summed E-state index contributed by atoms with van der Waals surface area (Å²) in [7, 11) is 0. The molecule has 0 aliphatic rings. The normalized spacial score (nSPS) is 14.8. The number of rotatable bonds is 7. The third kappa shape index (κ3) is 4.47. The Hall–Kier alpha value is -3.17. The van der Waals surface area contributed by atoms with E-state index in [1.54, 1.807) is 31.2 Å². The molecular weight excluding hydrogens is 392 g/mol. The minimum atomic E-state index is -4.83. The van der Waals surface area contributed by atoms with E-state index >= 15 is 4.39 Å². The van der Waals surface area contributed by atoms with Crippen LogP contribution in [-0.2, 0) is 5.67 Å². The van der Waals surface area contributed by atoms with Crippen molar-refractivity contribution in [2.75, 3.05) is 6.61 Å². The van der Waals surface area contributed by atoms with Crippen LogP contribution in [0, 0.1) is 0 Å². The fourth-order valence-corrected chi connectivity index (χ4v) is 3.02. The molecule has 0 bridgehead atoms. The maximum absolute atomic E-state index is 16.6. The van der Waals surface area contributed by atoms with Crippen LogP contribution in [0.5, 0.6) is 11.5 Å². The predicted octanol–water partition coefficient (Wildman–Crippen LogP) is 4.44. The summed E-state index contributed by atoms with van der Waals surface area (Å²) in [5.41, 5.74) is -1.79. The van der Waals surface area contributed by atoms with Crippen molar-refractivity contribution in [3.8, 4) is 11.5 Å². The molecule has 0 amide bonds. The second-order valence-corrected chi connectivity index (χ2v) is 6.17. The van der Waals surface area contributed by atoms with Gasteiger partial charge in [0.2, 0.25) is 0 Å². The van der Waals surface area contributed by atoms with Gasteiger partial charge in [-0.25, -0.2) is 4.39 Å². The van der Waals surface area contributed by atoms with Crippen LogP contribution in [0.25, 0.3) is 0 Å². The van der Waals surface area contributed by atoms with Gasteiger partial charge in [-0.2, -0.15) is 4.80 Å². The summed E-state index contributed by atoms with van der Waals surface area (Å²) in [6, 6.07) is 10.0. The molecule has 154 valence electrons. The molecule has 2 atom stereocenters. The lowest BCUT2D eigenvalue weighted by Gasteiger charge is -2.32. The number of tetrazole rings is 1. The first-order valence-corrected chi connectivity index (χ1v) is 8.75. The topological polar surface area (TPSA) is 62.1 Å². The summed E-state index contributed by atoms with van der Waals surface area (Å²) in [6.07, 6.45) is -3.66. The predicted molar refractivity (Wildman–Crippen MR) is 95.2 cm³/mol. The number of hydrogen-bond acceptors (Lipinski definition) is 5. The first-order valence-electron chi connectivity index (χ1n) is 8.75. The molecule has 3 aromatic rings. The first kappa shape index (κ1) is 20.6.